The average Bonchev–Trinajstić information content (AvgIpc) is 3.25. The highest BCUT2D eigenvalue weighted by molar-refractivity contribution is 7.87. The summed E-state index contributed by atoms with van der Waals surface area (Å²) in [5, 5.41) is 26.3. The molecule has 2 aromatic heterocycles. The smallest absolute Gasteiger partial charge is 0.274 e. The van der Waals surface area contributed by atoms with Crippen LogP contribution < -0.4 is 15.6 Å². The van der Waals surface area contributed by atoms with Gasteiger partial charge in [-0.2, -0.15) is 13.1 Å². The molecule has 3 aromatic rings. The van der Waals surface area contributed by atoms with Crippen LogP contribution in [0.2, 0.25) is 0 Å². The Balaban J connectivity index is 1.66. The van der Waals surface area contributed by atoms with E-state index in [4.69, 9.17) is 15.6 Å². The van der Waals surface area contributed by atoms with Gasteiger partial charge in [0, 0.05) is 19.2 Å². The fourth-order valence-corrected chi connectivity index (χ4v) is 3.96. The maximum atomic E-state index is 11.2. The Hall–Kier alpha value is -3.05. The molecule has 1 saturated heterocycles. The van der Waals surface area contributed by atoms with Crippen molar-refractivity contribution in [2.45, 2.75) is 31.0 Å². The summed E-state index contributed by atoms with van der Waals surface area (Å²) in [6, 6.07) is 9.72. The van der Waals surface area contributed by atoms with E-state index in [0.29, 0.717) is 23.0 Å². The van der Waals surface area contributed by atoms with E-state index in [0.717, 1.165) is 5.56 Å². The molecule has 1 aromatic carbocycles. The first-order chi connectivity index (χ1) is 15.2. The third-order valence-corrected chi connectivity index (χ3v) is 5.66. The van der Waals surface area contributed by atoms with E-state index in [1.54, 1.807) is 6.20 Å². The molecule has 32 heavy (non-hydrogen) atoms. The zero-order valence-electron chi connectivity index (χ0n) is 16.8. The molecule has 1 aliphatic heterocycles. The van der Waals surface area contributed by atoms with Gasteiger partial charge in [-0.15, -0.1) is 0 Å². The number of ether oxygens (including phenoxy) is 1. The predicted octanol–water partition coefficient (Wildman–Crippen LogP) is -0.980. The fraction of sp³-hybridized carbons (Fsp3) is 0.300. The number of aromatic nitrogens is 3. The Kier molecular flexibility index (Phi) is 6.11. The van der Waals surface area contributed by atoms with Gasteiger partial charge in [0.1, 0.15) is 36.1 Å². The number of nitrogens with zero attached hydrogens (tertiary/aromatic N) is 3. The van der Waals surface area contributed by atoms with Crippen LogP contribution in [0.5, 0.6) is 0 Å². The number of aliphatic hydroxyl groups is 2. The van der Waals surface area contributed by atoms with Gasteiger partial charge in [-0.05, 0) is 5.56 Å². The number of fused-ring (bicyclic) bond motifs is 1. The molecule has 3 heterocycles. The Morgan fingerprint density at radius 3 is 2.66 bits per heavy atom. The summed E-state index contributed by atoms with van der Waals surface area (Å²) in [5.74, 6) is 6.36. The quantitative estimate of drug-likeness (QED) is 0.303. The van der Waals surface area contributed by atoms with Gasteiger partial charge >= 0.3 is 0 Å². The van der Waals surface area contributed by atoms with E-state index in [1.165, 1.54) is 10.9 Å². The standard InChI is InChI=1S/C20H22N6O5S/c21-18-15-13(8-4-7-12-5-2-1-3-6-12)10-26(19(15)24-11-23-18)20-17(28)16(27)14(31-20)9-25-32(22,29)30/h1-3,5-6,10-11,14,16-17,20,25,27-28H,7,9H2,(H2,21,23,24)(H2,22,29,30)/t14-,16-,17-,20-/m1/s1. The summed E-state index contributed by atoms with van der Waals surface area (Å²) in [7, 11) is -3.99. The summed E-state index contributed by atoms with van der Waals surface area (Å²) < 4.78 is 31.6. The second kappa shape index (κ2) is 8.83. The van der Waals surface area contributed by atoms with Gasteiger partial charge < -0.3 is 25.3 Å². The van der Waals surface area contributed by atoms with Crippen molar-refractivity contribution in [1.29, 1.82) is 0 Å². The van der Waals surface area contributed by atoms with Crippen molar-refractivity contribution in [2.24, 2.45) is 5.14 Å². The lowest BCUT2D eigenvalue weighted by Crippen LogP contribution is -2.42. The van der Waals surface area contributed by atoms with Crippen LogP contribution in [0.3, 0.4) is 0 Å². The van der Waals surface area contributed by atoms with Gasteiger partial charge in [0.05, 0.1) is 10.9 Å². The van der Waals surface area contributed by atoms with Gasteiger partial charge in [-0.3, -0.25) is 0 Å². The van der Waals surface area contributed by atoms with Gasteiger partial charge in [0.15, 0.2) is 6.23 Å². The fourth-order valence-electron chi connectivity index (χ4n) is 3.56. The van der Waals surface area contributed by atoms with Crippen LogP contribution >= 0.6 is 0 Å². The summed E-state index contributed by atoms with van der Waals surface area (Å²) >= 11 is 0. The SMILES string of the molecule is Nc1ncnc2c1c(C#CCc1ccccc1)cn2[C@@H]1O[C@H](CNS(N)(=O)=O)[C@@H](O)[C@H]1O. The van der Waals surface area contributed by atoms with E-state index in [9.17, 15) is 18.6 Å². The molecule has 168 valence electrons. The van der Waals surface area contributed by atoms with Crippen LogP contribution in [-0.4, -0.2) is 58.0 Å². The average molecular weight is 459 g/mol. The van der Waals surface area contributed by atoms with E-state index < -0.39 is 34.7 Å². The Labute approximate surface area is 184 Å². The van der Waals surface area contributed by atoms with Crippen LogP contribution in [0.4, 0.5) is 5.82 Å². The van der Waals surface area contributed by atoms with Crippen molar-refractivity contribution in [2.75, 3.05) is 12.3 Å². The molecule has 1 fully saturated rings. The molecule has 0 aliphatic carbocycles. The number of nitrogens with one attached hydrogen (secondary N) is 1. The van der Waals surface area contributed by atoms with Crippen molar-refractivity contribution < 1.29 is 23.4 Å². The lowest BCUT2D eigenvalue weighted by Gasteiger charge is -2.17. The molecule has 4 rings (SSSR count). The predicted molar refractivity (Wildman–Crippen MR) is 116 cm³/mol. The highest BCUT2D eigenvalue weighted by atomic mass is 32.2. The second-order valence-electron chi connectivity index (χ2n) is 7.31. The van der Waals surface area contributed by atoms with Crippen LogP contribution in [0, 0.1) is 11.8 Å². The van der Waals surface area contributed by atoms with E-state index >= 15 is 0 Å². The number of hydrogen-bond acceptors (Lipinski definition) is 8. The van der Waals surface area contributed by atoms with Crippen molar-refractivity contribution in [3.8, 4) is 11.8 Å². The van der Waals surface area contributed by atoms with Gasteiger partial charge in [0.25, 0.3) is 10.2 Å². The molecule has 0 bridgehead atoms. The molecule has 7 N–H and O–H groups in total. The molecule has 0 amide bonds. The number of nitrogen functional groups attached to an aromatic ring is 1. The van der Waals surface area contributed by atoms with Crippen molar-refractivity contribution in [3.05, 3.63) is 54.0 Å². The first-order valence-electron chi connectivity index (χ1n) is 9.67. The molecule has 0 spiro atoms. The topological polar surface area (TPSA) is 179 Å². The highest BCUT2D eigenvalue weighted by Gasteiger charge is 2.44. The first-order valence-corrected chi connectivity index (χ1v) is 11.2. The summed E-state index contributed by atoms with van der Waals surface area (Å²) in [6.45, 7) is -0.312. The minimum atomic E-state index is -3.99. The highest BCUT2D eigenvalue weighted by Crippen LogP contribution is 2.34. The zero-order valence-corrected chi connectivity index (χ0v) is 17.6. The lowest BCUT2D eigenvalue weighted by molar-refractivity contribution is -0.0327. The number of aliphatic hydroxyl groups excluding tert-OH is 2. The van der Waals surface area contributed by atoms with Crippen LogP contribution in [0.1, 0.15) is 17.4 Å². The third kappa shape index (κ3) is 4.58. The minimum absolute atomic E-state index is 0.207. The van der Waals surface area contributed by atoms with E-state index in [1.807, 2.05) is 30.3 Å². The largest absolute Gasteiger partial charge is 0.387 e. The normalized spacial score (nSPS) is 23.2. The summed E-state index contributed by atoms with van der Waals surface area (Å²) in [6.07, 6.45) is -1.41. The number of rotatable bonds is 5. The maximum absolute atomic E-state index is 11.2. The van der Waals surface area contributed by atoms with Crippen molar-refractivity contribution in [1.82, 2.24) is 19.3 Å². The molecule has 1 aliphatic rings. The Bertz CT molecular complexity index is 1280. The lowest BCUT2D eigenvalue weighted by atomic mass is 10.1. The Morgan fingerprint density at radius 1 is 1.19 bits per heavy atom. The molecule has 0 saturated carbocycles. The van der Waals surface area contributed by atoms with Crippen molar-refractivity contribution >= 4 is 27.1 Å². The van der Waals surface area contributed by atoms with Crippen LogP contribution in [0.15, 0.2) is 42.9 Å². The minimum Gasteiger partial charge on any atom is -0.387 e. The number of benzene rings is 1. The summed E-state index contributed by atoms with van der Waals surface area (Å²) in [5.41, 5.74) is 8.00. The molecule has 12 heteroatoms. The van der Waals surface area contributed by atoms with Crippen molar-refractivity contribution in [3.63, 3.8) is 0 Å². The zero-order chi connectivity index (χ0) is 22.9. The van der Waals surface area contributed by atoms with Gasteiger partial charge in [0.2, 0.25) is 0 Å². The number of hydrogen-bond donors (Lipinski definition) is 5. The summed E-state index contributed by atoms with van der Waals surface area (Å²) in [4.78, 5) is 8.26. The molecular formula is C20H22N6O5S. The van der Waals surface area contributed by atoms with Crippen LogP contribution in [-0.2, 0) is 21.4 Å². The first kappa shape index (κ1) is 22.2. The molecule has 11 nitrogen and oxygen atoms in total. The van der Waals surface area contributed by atoms with E-state index in [2.05, 4.69) is 26.5 Å². The monoisotopic (exact) mass is 458 g/mol. The van der Waals surface area contributed by atoms with Gasteiger partial charge in [-0.1, -0.05) is 42.2 Å². The number of anilines is 1. The third-order valence-electron chi connectivity index (χ3n) is 5.09. The Morgan fingerprint density at radius 2 is 1.94 bits per heavy atom. The molecular weight excluding hydrogens is 436 g/mol. The molecule has 0 unspecified atom stereocenters. The maximum Gasteiger partial charge on any atom is 0.274 e. The van der Waals surface area contributed by atoms with E-state index in [-0.39, 0.29) is 12.4 Å². The number of nitrogens with two attached hydrogens (primary N) is 2. The molecule has 4 atom stereocenters. The van der Waals surface area contributed by atoms with Gasteiger partial charge in [-0.25, -0.2) is 15.1 Å². The van der Waals surface area contributed by atoms with Crippen LogP contribution in [0.25, 0.3) is 11.0 Å². The second-order valence-corrected chi connectivity index (χ2v) is 8.69. The molecule has 0 radical (unpaired) electrons.